The molecule has 6 heteroatoms. The van der Waals surface area contributed by atoms with Crippen molar-refractivity contribution in [3.05, 3.63) is 51.0 Å². The molecule has 0 amide bonds. The van der Waals surface area contributed by atoms with Gasteiger partial charge in [0.15, 0.2) is 0 Å². The fourth-order valence-electron chi connectivity index (χ4n) is 2.23. The van der Waals surface area contributed by atoms with Gasteiger partial charge in [-0.1, -0.05) is 30.7 Å². The van der Waals surface area contributed by atoms with E-state index in [0.29, 0.717) is 15.1 Å². The van der Waals surface area contributed by atoms with Crippen LogP contribution in [0.15, 0.2) is 28.9 Å². The largest absolute Gasteiger partial charge is 0.308 e. The Labute approximate surface area is 131 Å². The molecular weight excluding hydrogens is 345 g/mol. The van der Waals surface area contributed by atoms with Crippen LogP contribution in [0.25, 0.3) is 0 Å². The van der Waals surface area contributed by atoms with Gasteiger partial charge in [0, 0.05) is 12.1 Å². The topological polar surface area (TPSA) is 29.9 Å². The first-order chi connectivity index (χ1) is 9.60. The lowest BCUT2D eigenvalue weighted by molar-refractivity contribution is 0.515. The minimum Gasteiger partial charge on any atom is -0.308 e. The maximum absolute atomic E-state index is 14.3. The summed E-state index contributed by atoms with van der Waals surface area (Å²) in [6.07, 6.45) is 2.54. The molecule has 1 atom stereocenters. The molecule has 0 bridgehead atoms. The number of rotatable bonds is 5. The van der Waals surface area contributed by atoms with Crippen molar-refractivity contribution in [3.8, 4) is 0 Å². The van der Waals surface area contributed by atoms with E-state index in [4.69, 9.17) is 11.6 Å². The van der Waals surface area contributed by atoms with Crippen LogP contribution < -0.4 is 5.32 Å². The zero-order chi connectivity index (χ0) is 14.7. The predicted molar refractivity (Wildman–Crippen MR) is 82.5 cm³/mol. The summed E-state index contributed by atoms with van der Waals surface area (Å²) in [5.74, 6) is -0.285. The molecule has 0 spiro atoms. The first-order valence-electron chi connectivity index (χ1n) is 6.42. The molecule has 3 nitrogen and oxygen atoms in total. The zero-order valence-electron chi connectivity index (χ0n) is 11.3. The highest BCUT2D eigenvalue weighted by Gasteiger charge is 2.24. The Kier molecular flexibility index (Phi) is 5.18. The van der Waals surface area contributed by atoms with E-state index in [9.17, 15) is 4.39 Å². The number of halogens is 3. The Balaban J connectivity index is 2.52. The third-order valence-electron chi connectivity index (χ3n) is 3.12. The summed E-state index contributed by atoms with van der Waals surface area (Å²) >= 11 is 9.46. The fourth-order valence-corrected chi connectivity index (χ4v) is 2.86. The molecule has 20 heavy (non-hydrogen) atoms. The van der Waals surface area contributed by atoms with Crippen molar-refractivity contribution in [2.45, 2.75) is 25.9 Å². The standard InChI is InChI=1S/C14H16BrClFN3/c1-3-7-20-14(11(16)8-19-20)13(18-2)9-5-4-6-10(15)12(9)17/h4-6,8,13,18H,3,7H2,1-2H3. The number of nitrogens with one attached hydrogen (secondary N) is 1. The highest BCUT2D eigenvalue weighted by Crippen LogP contribution is 2.31. The number of aromatic nitrogens is 2. The summed E-state index contributed by atoms with van der Waals surface area (Å²) in [6.45, 7) is 2.81. The zero-order valence-corrected chi connectivity index (χ0v) is 13.7. The van der Waals surface area contributed by atoms with Gasteiger partial charge in [-0.3, -0.25) is 4.68 Å². The molecule has 0 saturated heterocycles. The van der Waals surface area contributed by atoms with E-state index < -0.39 is 0 Å². The van der Waals surface area contributed by atoms with Crippen molar-refractivity contribution < 1.29 is 4.39 Å². The minimum atomic E-state index is -0.339. The van der Waals surface area contributed by atoms with E-state index in [2.05, 4.69) is 33.3 Å². The first-order valence-corrected chi connectivity index (χ1v) is 7.59. The van der Waals surface area contributed by atoms with Gasteiger partial charge in [-0.2, -0.15) is 5.10 Å². The fraction of sp³-hybridized carbons (Fsp3) is 0.357. The third-order valence-corrected chi connectivity index (χ3v) is 4.03. The van der Waals surface area contributed by atoms with Crippen LogP contribution in [0.2, 0.25) is 5.02 Å². The molecule has 1 N–H and O–H groups in total. The average Bonchev–Trinajstić information content (AvgIpc) is 2.78. The van der Waals surface area contributed by atoms with Gasteiger partial charge < -0.3 is 5.32 Å². The van der Waals surface area contributed by atoms with E-state index in [1.807, 2.05) is 4.68 Å². The quantitative estimate of drug-likeness (QED) is 0.868. The second-order valence-corrected chi connectivity index (χ2v) is 5.73. The van der Waals surface area contributed by atoms with Crippen LogP contribution in [0.1, 0.15) is 30.6 Å². The van der Waals surface area contributed by atoms with Crippen LogP contribution in [0.3, 0.4) is 0 Å². The SMILES string of the molecule is CCCn1ncc(Cl)c1C(NC)c1cccc(Br)c1F. The van der Waals surface area contributed by atoms with Gasteiger partial charge in [0.2, 0.25) is 0 Å². The van der Waals surface area contributed by atoms with E-state index in [1.165, 1.54) is 0 Å². The van der Waals surface area contributed by atoms with Crippen LogP contribution in [0, 0.1) is 5.82 Å². The Morgan fingerprint density at radius 1 is 1.50 bits per heavy atom. The molecule has 0 aliphatic rings. The summed E-state index contributed by atoms with van der Waals surface area (Å²) in [5, 5.41) is 7.92. The van der Waals surface area contributed by atoms with E-state index >= 15 is 0 Å². The van der Waals surface area contributed by atoms with Gasteiger partial charge in [0.1, 0.15) is 5.82 Å². The molecule has 0 aliphatic heterocycles. The predicted octanol–water partition coefficient (Wildman–Crippen LogP) is 4.16. The van der Waals surface area contributed by atoms with Crippen LogP contribution >= 0.6 is 27.5 Å². The molecule has 1 unspecified atom stereocenters. The maximum atomic E-state index is 14.3. The summed E-state index contributed by atoms with van der Waals surface area (Å²) in [6, 6.07) is 4.90. The first kappa shape index (κ1) is 15.5. The number of aryl methyl sites for hydroxylation is 1. The van der Waals surface area contributed by atoms with Gasteiger partial charge in [-0.25, -0.2) is 4.39 Å². The Bertz CT molecular complexity index is 600. The second kappa shape index (κ2) is 6.70. The summed E-state index contributed by atoms with van der Waals surface area (Å²) in [4.78, 5) is 0. The summed E-state index contributed by atoms with van der Waals surface area (Å²) in [7, 11) is 1.78. The molecule has 2 aromatic rings. The van der Waals surface area contributed by atoms with Crippen LogP contribution in [0.4, 0.5) is 4.39 Å². The van der Waals surface area contributed by atoms with Crippen molar-refractivity contribution in [1.29, 1.82) is 0 Å². The molecule has 1 heterocycles. The smallest absolute Gasteiger partial charge is 0.142 e. The number of nitrogens with zero attached hydrogens (tertiary/aromatic N) is 2. The number of hydrogen-bond donors (Lipinski definition) is 1. The number of hydrogen-bond acceptors (Lipinski definition) is 2. The normalized spacial score (nSPS) is 12.7. The van der Waals surface area contributed by atoms with Crippen LogP contribution in [-0.4, -0.2) is 16.8 Å². The number of benzene rings is 1. The maximum Gasteiger partial charge on any atom is 0.142 e. The second-order valence-electron chi connectivity index (χ2n) is 4.47. The summed E-state index contributed by atoms with van der Waals surface area (Å²) in [5.41, 5.74) is 1.33. The Morgan fingerprint density at radius 3 is 2.90 bits per heavy atom. The minimum absolute atomic E-state index is 0.285. The van der Waals surface area contributed by atoms with Gasteiger partial charge in [0.05, 0.1) is 27.4 Å². The molecule has 1 aromatic carbocycles. The molecule has 1 aromatic heterocycles. The van der Waals surface area contributed by atoms with Crippen LogP contribution in [-0.2, 0) is 6.54 Å². The molecule has 0 radical (unpaired) electrons. The highest BCUT2D eigenvalue weighted by molar-refractivity contribution is 9.10. The molecule has 0 saturated carbocycles. The third kappa shape index (κ3) is 2.90. The lowest BCUT2D eigenvalue weighted by atomic mass is 10.0. The van der Waals surface area contributed by atoms with E-state index in [0.717, 1.165) is 18.7 Å². The highest BCUT2D eigenvalue weighted by atomic mass is 79.9. The lowest BCUT2D eigenvalue weighted by Gasteiger charge is -2.20. The van der Waals surface area contributed by atoms with Gasteiger partial charge >= 0.3 is 0 Å². The molecular formula is C14H16BrClFN3. The molecule has 0 aliphatic carbocycles. The Hall–Kier alpha value is -0.910. The molecule has 2 rings (SSSR count). The van der Waals surface area contributed by atoms with Crippen molar-refractivity contribution in [1.82, 2.24) is 15.1 Å². The monoisotopic (exact) mass is 359 g/mol. The lowest BCUT2D eigenvalue weighted by Crippen LogP contribution is -2.23. The van der Waals surface area contributed by atoms with E-state index in [1.54, 1.807) is 31.4 Å². The Morgan fingerprint density at radius 2 is 2.25 bits per heavy atom. The van der Waals surface area contributed by atoms with E-state index in [-0.39, 0.29) is 11.9 Å². The van der Waals surface area contributed by atoms with Crippen molar-refractivity contribution in [3.63, 3.8) is 0 Å². The van der Waals surface area contributed by atoms with Gasteiger partial charge in [-0.15, -0.1) is 0 Å². The average molecular weight is 361 g/mol. The van der Waals surface area contributed by atoms with Crippen molar-refractivity contribution >= 4 is 27.5 Å². The van der Waals surface area contributed by atoms with Crippen molar-refractivity contribution in [2.75, 3.05) is 7.05 Å². The van der Waals surface area contributed by atoms with Gasteiger partial charge in [-0.05, 0) is 35.5 Å². The molecule has 108 valence electrons. The molecule has 0 fully saturated rings. The van der Waals surface area contributed by atoms with Crippen molar-refractivity contribution in [2.24, 2.45) is 0 Å². The van der Waals surface area contributed by atoms with Gasteiger partial charge in [0.25, 0.3) is 0 Å². The van der Waals surface area contributed by atoms with Crippen LogP contribution in [0.5, 0.6) is 0 Å². The summed E-state index contributed by atoms with van der Waals surface area (Å²) < 4.78 is 16.6.